The third-order valence-corrected chi connectivity index (χ3v) is 4.91. The lowest BCUT2D eigenvalue weighted by Gasteiger charge is -2.03. The van der Waals surface area contributed by atoms with Crippen molar-refractivity contribution >= 4 is 33.3 Å². The predicted molar refractivity (Wildman–Crippen MR) is 82.9 cm³/mol. The summed E-state index contributed by atoms with van der Waals surface area (Å²) in [4.78, 5) is 5.42. The number of nitrogens with two attached hydrogens (primary N) is 1. The molecule has 2 nitrogen and oxygen atoms in total. The van der Waals surface area contributed by atoms with Gasteiger partial charge >= 0.3 is 0 Å². The SMILES string of the molecule is NCCc1cc(F)cc(Sc2nc3ccccc3s2)c1. The van der Waals surface area contributed by atoms with Gasteiger partial charge in [0, 0.05) is 4.90 Å². The second-order valence-corrected chi connectivity index (χ2v) is 6.73. The molecule has 2 aromatic carbocycles. The van der Waals surface area contributed by atoms with E-state index in [1.54, 1.807) is 11.3 Å². The number of benzene rings is 2. The average molecular weight is 304 g/mol. The van der Waals surface area contributed by atoms with Crippen LogP contribution in [0.5, 0.6) is 0 Å². The zero-order chi connectivity index (χ0) is 13.9. The van der Waals surface area contributed by atoms with Gasteiger partial charge in [0.1, 0.15) is 5.82 Å². The Morgan fingerprint density at radius 3 is 2.85 bits per heavy atom. The summed E-state index contributed by atoms with van der Waals surface area (Å²) in [6, 6.07) is 13.1. The van der Waals surface area contributed by atoms with Crippen molar-refractivity contribution in [3.8, 4) is 0 Å². The molecule has 1 heterocycles. The first kappa shape index (κ1) is 13.5. The van der Waals surface area contributed by atoms with Crippen molar-refractivity contribution in [2.24, 2.45) is 5.73 Å². The minimum atomic E-state index is -0.223. The van der Waals surface area contributed by atoms with Crippen LogP contribution in [0.3, 0.4) is 0 Å². The molecule has 0 aliphatic heterocycles. The molecule has 3 rings (SSSR count). The van der Waals surface area contributed by atoms with Gasteiger partial charge in [0.25, 0.3) is 0 Å². The number of hydrogen-bond acceptors (Lipinski definition) is 4. The van der Waals surface area contributed by atoms with Gasteiger partial charge in [-0.25, -0.2) is 9.37 Å². The van der Waals surface area contributed by atoms with Gasteiger partial charge in [-0.1, -0.05) is 23.9 Å². The van der Waals surface area contributed by atoms with Gasteiger partial charge in [0.05, 0.1) is 10.2 Å². The van der Waals surface area contributed by atoms with Crippen molar-refractivity contribution in [2.75, 3.05) is 6.54 Å². The summed E-state index contributed by atoms with van der Waals surface area (Å²) in [5.74, 6) is -0.223. The molecular weight excluding hydrogens is 291 g/mol. The van der Waals surface area contributed by atoms with E-state index in [-0.39, 0.29) is 5.82 Å². The fraction of sp³-hybridized carbons (Fsp3) is 0.133. The highest BCUT2D eigenvalue weighted by Crippen LogP contribution is 2.34. The van der Waals surface area contributed by atoms with Gasteiger partial charge in [-0.15, -0.1) is 11.3 Å². The first-order valence-electron chi connectivity index (χ1n) is 6.27. The first-order valence-corrected chi connectivity index (χ1v) is 7.91. The highest BCUT2D eigenvalue weighted by Gasteiger charge is 2.07. The molecule has 0 amide bonds. The second kappa shape index (κ2) is 5.91. The molecule has 20 heavy (non-hydrogen) atoms. The summed E-state index contributed by atoms with van der Waals surface area (Å²) in [5.41, 5.74) is 7.44. The Balaban J connectivity index is 1.90. The van der Waals surface area contributed by atoms with Crippen LogP contribution in [0.4, 0.5) is 4.39 Å². The van der Waals surface area contributed by atoms with E-state index in [1.807, 2.05) is 30.3 Å². The Bertz CT molecular complexity index is 707. The van der Waals surface area contributed by atoms with Gasteiger partial charge in [0.2, 0.25) is 0 Å². The summed E-state index contributed by atoms with van der Waals surface area (Å²) in [6.45, 7) is 0.523. The monoisotopic (exact) mass is 304 g/mol. The topological polar surface area (TPSA) is 38.9 Å². The van der Waals surface area contributed by atoms with E-state index in [4.69, 9.17) is 5.73 Å². The van der Waals surface area contributed by atoms with Crippen LogP contribution < -0.4 is 5.73 Å². The molecule has 0 saturated carbocycles. The van der Waals surface area contributed by atoms with Gasteiger partial charge in [-0.05, 0) is 48.9 Å². The lowest BCUT2D eigenvalue weighted by molar-refractivity contribution is 0.621. The molecule has 0 spiro atoms. The number of nitrogens with zero attached hydrogens (tertiary/aromatic N) is 1. The van der Waals surface area contributed by atoms with E-state index in [0.29, 0.717) is 13.0 Å². The quantitative estimate of drug-likeness (QED) is 0.789. The zero-order valence-electron chi connectivity index (χ0n) is 10.7. The van der Waals surface area contributed by atoms with Crippen LogP contribution in [0, 0.1) is 5.82 Å². The molecule has 0 radical (unpaired) electrons. The summed E-state index contributed by atoms with van der Waals surface area (Å²) in [5, 5.41) is 0. The van der Waals surface area contributed by atoms with Crippen LogP contribution in [0.15, 0.2) is 51.7 Å². The number of halogens is 1. The van der Waals surface area contributed by atoms with E-state index >= 15 is 0 Å². The van der Waals surface area contributed by atoms with Crippen molar-refractivity contribution < 1.29 is 4.39 Å². The Morgan fingerprint density at radius 1 is 1.20 bits per heavy atom. The molecule has 0 fully saturated rings. The number of thiazole rings is 1. The number of rotatable bonds is 4. The van der Waals surface area contributed by atoms with Gasteiger partial charge in [0.15, 0.2) is 4.34 Å². The molecule has 0 unspecified atom stereocenters. The number of hydrogen-bond donors (Lipinski definition) is 1. The predicted octanol–water partition coefficient (Wildman–Crippen LogP) is 4.09. The minimum absolute atomic E-state index is 0.223. The van der Waals surface area contributed by atoms with Crippen LogP contribution in [0.25, 0.3) is 10.2 Å². The van der Waals surface area contributed by atoms with Crippen molar-refractivity contribution in [3.63, 3.8) is 0 Å². The van der Waals surface area contributed by atoms with Crippen LogP contribution in [-0.4, -0.2) is 11.5 Å². The first-order chi connectivity index (χ1) is 9.74. The van der Waals surface area contributed by atoms with Crippen LogP contribution in [0.1, 0.15) is 5.56 Å². The third-order valence-electron chi connectivity index (χ3n) is 2.84. The maximum atomic E-state index is 13.6. The minimum Gasteiger partial charge on any atom is -0.330 e. The molecular formula is C15H13FN2S2. The Labute approximate surface area is 124 Å². The highest BCUT2D eigenvalue weighted by atomic mass is 32.2. The molecule has 0 aliphatic carbocycles. The van der Waals surface area contributed by atoms with Crippen molar-refractivity contribution in [1.29, 1.82) is 0 Å². The van der Waals surface area contributed by atoms with Crippen LogP contribution in [0.2, 0.25) is 0 Å². The summed E-state index contributed by atoms with van der Waals surface area (Å²) < 4.78 is 15.7. The Kier molecular flexibility index (Phi) is 4.00. The third kappa shape index (κ3) is 3.00. The number of aromatic nitrogens is 1. The number of fused-ring (bicyclic) bond motifs is 1. The largest absolute Gasteiger partial charge is 0.330 e. The molecule has 5 heteroatoms. The molecule has 0 bridgehead atoms. The zero-order valence-corrected chi connectivity index (χ0v) is 12.3. The fourth-order valence-electron chi connectivity index (χ4n) is 1.99. The molecule has 0 atom stereocenters. The fourth-order valence-corrected chi connectivity index (χ4v) is 4.14. The normalized spacial score (nSPS) is 11.1. The second-order valence-electron chi connectivity index (χ2n) is 4.38. The Morgan fingerprint density at radius 2 is 2.05 bits per heavy atom. The van der Waals surface area contributed by atoms with Gasteiger partial charge in [-0.2, -0.15) is 0 Å². The lowest BCUT2D eigenvalue weighted by atomic mass is 10.1. The molecule has 1 aromatic heterocycles. The molecule has 0 saturated heterocycles. The molecule has 3 aromatic rings. The summed E-state index contributed by atoms with van der Waals surface area (Å²) >= 11 is 3.12. The van der Waals surface area contributed by atoms with Crippen LogP contribution in [-0.2, 0) is 6.42 Å². The van der Waals surface area contributed by atoms with Gasteiger partial charge in [-0.3, -0.25) is 0 Å². The van der Waals surface area contributed by atoms with E-state index in [1.165, 1.54) is 23.9 Å². The average Bonchev–Trinajstić information content (AvgIpc) is 2.80. The number of para-hydroxylation sites is 1. The van der Waals surface area contributed by atoms with Gasteiger partial charge < -0.3 is 5.73 Å². The van der Waals surface area contributed by atoms with E-state index in [9.17, 15) is 4.39 Å². The maximum absolute atomic E-state index is 13.6. The maximum Gasteiger partial charge on any atom is 0.155 e. The van der Waals surface area contributed by atoms with E-state index < -0.39 is 0 Å². The highest BCUT2D eigenvalue weighted by molar-refractivity contribution is 8.01. The standard InChI is InChI=1S/C15H13FN2S2/c16-11-7-10(5-6-17)8-12(9-11)19-15-18-13-3-1-2-4-14(13)20-15/h1-4,7-9H,5-6,17H2. The van der Waals surface area contributed by atoms with Crippen molar-refractivity contribution in [1.82, 2.24) is 4.98 Å². The molecule has 2 N–H and O–H groups in total. The summed E-state index contributed by atoms with van der Waals surface area (Å²) in [6.07, 6.45) is 0.686. The van der Waals surface area contributed by atoms with E-state index in [0.717, 1.165) is 25.0 Å². The van der Waals surface area contributed by atoms with Crippen molar-refractivity contribution in [3.05, 3.63) is 53.8 Å². The summed E-state index contributed by atoms with van der Waals surface area (Å²) in [7, 11) is 0. The smallest absolute Gasteiger partial charge is 0.155 e. The molecule has 0 aliphatic rings. The van der Waals surface area contributed by atoms with Crippen LogP contribution >= 0.6 is 23.1 Å². The van der Waals surface area contributed by atoms with Crippen molar-refractivity contribution in [2.45, 2.75) is 15.7 Å². The van der Waals surface area contributed by atoms with E-state index in [2.05, 4.69) is 4.98 Å². The Hall–Kier alpha value is -1.43. The lowest BCUT2D eigenvalue weighted by Crippen LogP contribution is -2.02. The molecule has 102 valence electrons.